The molecule has 1 heterocycles. The van der Waals surface area contributed by atoms with Crippen LogP contribution in [0, 0.1) is 0 Å². The Morgan fingerprint density at radius 3 is 2.14 bits per heavy atom. The average Bonchev–Trinajstić information content (AvgIpc) is 2.40. The average molecular weight is 312 g/mol. The van der Waals surface area contributed by atoms with Gasteiger partial charge in [0.05, 0.1) is 10.5 Å². The maximum absolute atomic E-state index is 11.5. The third-order valence-electron chi connectivity index (χ3n) is 4.03. The molecule has 1 saturated heterocycles. The highest BCUT2D eigenvalue weighted by Crippen LogP contribution is 2.24. The van der Waals surface area contributed by atoms with Crippen LogP contribution in [-0.4, -0.2) is 69.4 Å². The lowest BCUT2D eigenvalue weighted by Gasteiger charge is -2.37. The van der Waals surface area contributed by atoms with Gasteiger partial charge in [-0.2, -0.15) is 0 Å². The summed E-state index contributed by atoms with van der Waals surface area (Å²) in [6.07, 6.45) is 1.18. The normalized spacial score (nSPS) is 21.1. The van der Waals surface area contributed by atoms with E-state index in [0.29, 0.717) is 6.54 Å². The number of β-amino-alcohol motifs (C(OH)–C–C–N with tert-alkyl or cyclic N) is 1. The van der Waals surface area contributed by atoms with Crippen molar-refractivity contribution in [3.05, 3.63) is 29.8 Å². The van der Waals surface area contributed by atoms with Crippen molar-refractivity contribution >= 4 is 9.84 Å². The zero-order valence-electron chi connectivity index (χ0n) is 12.9. The fraction of sp³-hybridized carbons (Fsp3) is 0.600. The van der Waals surface area contributed by atoms with Crippen molar-refractivity contribution < 1.29 is 13.5 Å². The summed E-state index contributed by atoms with van der Waals surface area (Å²) in [6, 6.07) is 6.52. The van der Waals surface area contributed by atoms with E-state index >= 15 is 0 Å². The first-order valence-electron chi connectivity index (χ1n) is 7.12. The number of likely N-dealkylation sites (N-methyl/N-ethyl adjacent to an activating group) is 1. The molecule has 1 aromatic carbocycles. The van der Waals surface area contributed by atoms with Crippen molar-refractivity contribution in [2.45, 2.75) is 17.4 Å². The topological polar surface area (TPSA) is 60.9 Å². The van der Waals surface area contributed by atoms with E-state index in [1.807, 2.05) is 0 Å². The van der Waals surface area contributed by atoms with Crippen LogP contribution in [0.2, 0.25) is 0 Å². The van der Waals surface area contributed by atoms with Crippen LogP contribution < -0.4 is 0 Å². The van der Waals surface area contributed by atoms with Crippen molar-refractivity contribution in [2.24, 2.45) is 0 Å². The van der Waals surface area contributed by atoms with E-state index in [2.05, 4.69) is 16.8 Å². The molecule has 0 bridgehead atoms. The van der Waals surface area contributed by atoms with E-state index in [0.717, 1.165) is 31.7 Å². The monoisotopic (exact) mass is 312 g/mol. The van der Waals surface area contributed by atoms with E-state index in [4.69, 9.17) is 0 Å². The van der Waals surface area contributed by atoms with Crippen molar-refractivity contribution in [1.82, 2.24) is 9.80 Å². The lowest BCUT2D eigenvalue weighted by molar-refractivity contribution is 0.00304. The number of rotatable bonds is 4. The molecule has 1 N–H and O–H groups in total. The molecule has 1 aromatic rings. The summed E-state index contributed by atoms with van der Waals surface area (Å²) in [7, 11) is -1.10. The van der Waals surface area contributed by atoms with Gasteiger partial charge in [0.15, 0.2) is 9.84 Å². The summed E-state index contributed by atoms with van der Waals surface area (Å²) >= 11 is 0. The van der Waals surface area contributed by atoms with Gasteiger partial charge in [0.25, 0.3) is 0 Å². The molecular formula is C15H24N2O3S. The van der Waals surface area contributed by atoms with Crippen LogP contribution in [0.25, 0.3) is 0 Å². The summed E-state index contributed by atoms with van der Waals surface area (Å²) in [6.45, 7) is 6.22. The minimum absolute atomic E-state index is 0.279. The molecule has 21 heavy (non-hydrogen) atoms. The molecule has 0 amide bonds. The predicted molar refractivity (Wildman–Crippen MR) is 83.1 cm³/mol. The number of piperazine rings is 1. The smallest absolute Gasteiger partial charge is 0.175 e. The second-order valence-electron chi connectivity index (χ2n) is 6.15. The number of sulfone groups is 1. The molecular weight excluding hydrogens is 288 g/mol. The highest BCUT2D eigenvalue weighted by Gasteiger charge is 2.28. The zero-order chi connectivity index (χ0) is 15.7. The Kier molecular flexibility index (Phi) is 4.72. The summed E-state index contributed by atoms with van der Waals surface area (Å²) in [5.41, 5.74) is -0.236. The second kappa shape index (κ2) is 6.04. The van der Waals surface area contributed by atoms with Gasteiger partial charge in [0.1, 0.15) is 0 Å². The van der Waals surface area contributed by atoms with Crippen LogP contribution in [0.3, 0.4) is 0 Å². The van der Waals surface area contributed by atoms with E-state index in [1.54, 1.807) is 31.2 Å². The number of benzene rings is 1. The van der Waals surface area contributed by atoms with Gasteiger partial charge in [-0.1, -0.05) is 12.1 Å². The van der Waals surface area contributed by atoms with Gasteiger partial charge in [-0.05, 0) is 31.7 Å². The predicted octanol–water partition coefficient (Wildman–Crippen LogP) is 0.545. The lowest BCUT2D eigenvalue weighted by atomic mass is 9.95. The largest absolute Gasteiger partial charge is 0.384 e. The summed E-state index contributed by atoms with van der Waals surface area (Å²) in [5.74, 6) is 0. The number of nitrogens with zero attached hydrogens (tertiary/aromatic N) is 2. The van der Waals surface area contributed by atoms with E-state index in [9.17, 15) is 13.5 Å². The molecule has 1 aliphatic rings. The van der Waals surface area contributed by atoms with Crippen LogP contribution in [0.1, 0.15) is 12.5 Å². The minimum atomic E-state index is -3.20. The van der Waals surface area contributed by atoms with Crippen LogP contribution in [0.4, 0.5) is 0 Å². The van der Waals surface area contributed by atoms with Gasteiger partial charge < -0.3 is 10.0 Å². The number of aliphatic hydroxyl groups is 1. The third kappa shape index (κ3) is 4.26. The van der Waals surface area contributed by atoms with E-state index in [-0.39, 0.29) is 4.90 Å². The molecule has 0 aliphatic carbocycles. The molecule has 6 heteroatoms. The van der Waals surface area contributed by atoms with Gasteiger partial charge in [-0.15, -0.1) is 0 Å². The molecule has 1 atom stereocenters. The number of hydrogen-bond donors (Lipinski definition) is 1. The Hall–Kier alpha value is -0.950. The van der Waals surface area contributed by atoms with Crippen molar-refractivity contribution in [2.75, 3.05) is 46.0 Å². The van der Waals surface area contributed by atoms with Crippen molar-refractivity contribution in [3.63, 3.8) is 0 Å². The molecule has 0 saturated carbocycles. The first-order chi connectivity index (χ1) is 9.68. The molecule has 0 radical (unpaired) electrons. The van der Waals surface area contributed by atoms with Gasteiger partial charge >= 0.3 is 0 Å². The van der Waals surface area contributed by atoms with E-state index < -0.39 is 15.4 Å². The third-order valence-corrected chi connectivity index (χ3v) is 5.16. The quantitative estimate of drug-likeness (QED) is 0.879. The molecule has 5 nitrogen and oxygen atoms in total. The maximum atomic E-state index is 11.5. The van der Waals surface area contributed by atoms with Crippen LogP contribution in [-0.2, 0) is 15.4 Å². The Morgan fingerprint density at radius 1 is 1.14 bits per heavy atom. The Morgan fingerprint density at radius 2 is 1.67 bits per heavy atom. The SMILES string of the molecule is CN1CCN(CC(C)(O)c2ccc(S(C)(=O)=O)cc2)CC1. The van der Waals surface area contributed by atoms with Crippen LogP contribution in [0.15, 0.2) is 29.2 Å². The standard InChI is InChI=1S/C15H24N2O3S/c1-15(18,12-17-10-8-16(2)9-11-17)13-4-6-14(7-5-13)21(3,19)20/h4-7,18H,8-12H2,1-3H3. The Labute approximate surface area is 127 Å². The molecule has 2 rings (SSSR count). The molecule has 118 valence electrons. The van der Waals surface area contributed by atoms with Gasteiger partial charge in [0.2, 0.25) is 0 Å². The molecule has 0 spiro atoms. The highest BCUT2D eigenvalue weighted by molar-refractivity contribution is 7.90. The fourth-order valence-electron chi connectivity index (χ4n) is 2.59. The fourth-order valence-corrected chi connectivity index (χ4v) is 3.22. The summed E-state index contributed by atoms with van der Waals surface area (Å²) < 4.78 is 22.9. The molecule has 1 unspecified atom stereocenters. The molecule has 0 aromatic heterocycles. The first kappa shape index (κ1) is 16.4. The van der Waals surface area contributed by atoms with Gasteiger partial charge in [-0.25, -0.2) is 8.42 Å². The van der Waals surface area contributed by atoms with Crippen LogP contribution >= 0.6 is 0 Å². The van der Waals surface area contributed by atoms with Gasteiger partial charge in [0, 0.05) is 39.0 Å². The molecule has 1 aliphatic heterocycles. The van der Waals surface area contributed by atoms with Crippen molar-refractivity contribution in [1.29, 1.82) is 0 Å². The second-order valence-corrected chi connectivity index (χ2v) is 8.17. The summed E-state index contributed by atoms with van der Waals surface area (Å²) in [5, 5.41) is 10.7. The van der Waals surface area contributed by atoms with Crippen LogP contribution in [0.5, 0.6) is 0 Å². The lowest BCUT2D eigenvalue weighted by Crippen LogP contribution is -2.49. The first-order valence-corrected chi connectivity index (χ1v) is 9.01. The highest BCUT2D eigenvalue weighted by atomic mass is 32.2. The van der Waals surface area contributed by atoms with Crippen molar-refractivity contribution in [3.8, 4) is 0 Å². The molecule has 1 fully saturated rings. The maximum Gasteiger partial charge on any atom is 0.175 e. The van der Waals surface area contributed by atoms with Gasteiger partial charge in [-0.3, -0.25) is 4.90 Å². The Balaban J connectivity index is 2.08. The Bertz CT molecular complexity index is 573. The summed E-state index contributed by atoms with van der Waals surface area (Å²) in [4.78, 5) is 4.79. The minimum Gasteiger partial charge on any atom is -0.384 e. The van der Waals surface area contributed by atoms with E-state index in [1.165, 1.54) is 6.26 Å². The number of hydrogen-bond acceptors (Lipinski definition) is 5. The zero-order valence-corrected chi connectivity index (χ0v) is 13.7.